The Morgan fingerprint density at radius 2 is 2.03 bits per heavy atom. The number of pyridine rings is 1. The number of halogens is 2. The summed E-state index contributed by atoms with van der Waals surface area (Å²) in [5.74, 6) is -2.00. The van der Waals surface area contributed by atoms with E-state index in [0.717, 1.165) is 18.9 Å². The van der Waals surface area contributed by atoms with Gasteiger partial charge in [-0.05, 0) is 12.5 Å². The van der Waals surface area contributed by atoms with Gasteiger partial charge in [0.15, 0.2) is 17.8 Å². The minimum absolute atomic E-state index is 0.0300. The highest BCUT2D eigenvalue weighted by atomic mass is 19.1. The van der Waals surface area contributed by atoms with Crippen molar-refractivity contribution in [3.05, 3.63) is 40.5 Å². The summed E-state index contributed by atoms with van der Waals surface area (Å²) in [5.41, 5.74) is 12.1. The van der Waals surface area contributed by atoms with Crippen LogP contribution in [0.1, 0.15) is 48.9 Å². The van der Waals surface area contributed by atoms with Crippen LogP contribution in [0, 0.1) is 34.4 Å². The summed E-state index contributed by atoms with van der Waals surface area (Å²) in [4.78, 5) is 8.44. The number of aromatic nitrogens is 1. The summed E-state index contributed by atoms with van der Waals surface area (Å²) >= 11 is 0. The Labute approximate surface area is 177 Å². The number of nitrogens with zero attached hydrogens (tertiary/aromatic N) is 4. The SMILES string of the molecule is CCCCCOc1c(F)cc(F)cc1C1N=C(NC#N)Nc2nc(N)c(C#N)c(N)c21. The van der Waals surface area contributed by atoms with Gasteiger partial charge in [0.1, 0.15) is 35.1 Å². The minimum Gasteiger partial charge on any atom is -0.490 e. The van der Waals surface area contributed by atoms with E-state index in [1.54, 1.807) is 6.19 Å². The van der Waals surface area contributed by atoms with Crippen molar-refractivity contribution in [3.63, 3.8) is 0 Å². The predicted octanol–water partition coefficient (Wildman–Crippen LogP) is 2.91. The molecule has 0 aliphatic carbocycles. The average Bonchev–Trinajstić information content (AvgIpc) is 2.72. The van der Waals surface area contributed by atoms with Crippen molar-refractivity contribution in [3.8, 4) is 18.0 Å². The topological polar surface area (TPSA) is 158 Å². The molecule has 1 aromatic carbocycles. The Bertz CT molecular complexity index is 1120. The summed E-state index contributed by atoms with van der Waals surface area (Å²) < 4.78 is 34.5. The van der Waals surface area contributed by atoms with E-state index in [-0.39, 0.29) is 52.3 Å². The average molecular weight is 426 g/mol. The molecule has 3 rings (SSSR count). The molecule has 1 aliphatic heterocycles. The highest BCUT2D eigenvalue weighted by Crippen LogP contribution is 2.44. The lowest BCUT2D eigenvalue weighted by atomic mass is 9.94. The fourth-order valence-electron chi connectivity index (χ4n) is 3.27. The molecule has 0 amide bonds. The van der Waals surface area contributed by atoms with Crippen LogP contribution in [0.4, 0.5) is 26.1 Å². The Balaban J connectivity index is 2.20. The molecule has 31 heavy (non-hydrogen) atoms. The molecule has 6 N–H and O–H groups in total. The Kier molecular flexibility index (Phi) is 6.36. The summed E-state index contributed by atoms with van der Waals surface area (Å²) in [7, 11) is 0. The quantitative estimate of drug-likeness (QED) is 0.312. The van der Waals surface area contributed by atoms with Crippen LogP contribution in [0.3, 0.4) is 0 Å². The van der Waals surface area contributed by atoms with Crippen LogP contribution >= 0.6 is 0 Å². The number of aliphatic imine (C=N–C) groups is 1. The van der Waals surface area contributed by atoms with Crippen LogP contribution in [0.5, 0.6) is 5.75 Å². The molecular weight excluding hydrogens is 406 g/mol. The van der Waals surface area contributed by atoms with E-state index in [2.05, 4.69) is 20.6 Å². The van der Waals surface area contributed by atoms with Gasteiger partial charge in [0, 0.05) is 17.2 Å². The maximum absolute atomic E-state index is 14.7. The number of hydrogen-bond acceptors (Lipinski definition) is 9. The van der Waals surface area contributed by atoms with Gasteiger partial charge < -0.3 is 21.5 Å². The van der Waals surface area contributed by atoms with Crippen LogP contribution in [0.2, 0.25) is 0 Å². The number of nitrogens with two attached hydrogens (primary N) is 2. The number of nitrogens with one attached hydrogen (secondary N) is 2. The third kappa shape index (κ3) is 4.26. The number of fused-ring (bicyclic) bond motifs is 1. The van der Waals surface area contributed by atoms with Crippen molar-refractivity contribution >= 4 is 23.3 Å². The molecule has 1 unspecified atom stereocenters. The van der Waals surface area contributed by atoms with Gasteiger partial charge in [0.2, 0.25) is 5.96 Å². The van der Waals surface area contributed by atoms with Gasteiger partial charge in [-0.3, -0.25) is 5.32 Å². The summed E-state index contributed by atoms with van der Waals surface area (Å²) in [6.45, 7) is 2.23. The first kappa shape index (κ1) is 21.6. The molecule has 1 atom stereocenters. The van der Waals surface area contributed by atoms with E-state index in [1.807, 2.05) is 13.0 Å². The van der Waals surface area contributed by atoms with Crippen LogP contribution in [0.15, 0.2) is 17.1 Å². The molecule has 11 heteroatoms. The number of rotatable bonds is 6. The number of nitrogen functional groups attached to an aromatic ring is 2. The van der Waals surface area contributed by atoms with Crippen molar-refractivity contribution in [2.24, 2.45) is 4.99 Å². The lowest BCUT2D eigenvalue weighted by molar-refractivity contribution is 0.286. The molecule has 0 saturated heterocycles. The highest BCUT2D eigenvalue weighted by Gasteiger charge is 2.32. The smallest absolute Gasteiger partial charge is 0.211 e. The van der Waals surface area contributed by atoms with E-state index >= 15 is 0 Å². The van der Waals surface area contributed by atoms with Crippen molar-refractivity contribution in [1.82, 2.24) is 10.3 Å². The Morgan fingerprint density at radius 1 is 1.26 bits per heavy atom. The number of unbranched alkanes of at least 4 members (excludes halogenated alkanes) is 2. The fourth-order valence-corrected chi connectivity index (χ4v) is 3.27. The standard InChI is InChI=1S/C20H20F2N8O/c1-2-3-4-5-31-17-11(6-10(21)7-13(17)22)16-14-15(25)12(8-23)18(26)29-19(14)30-20(28-16)27-9-24/h6-7,16H,2-5H2,1H3,(H6,25,26,27,28,29,30). The molecule has 9 nitrogen and oxygen atoms in total. The second-order valence-corrected chi connectivity index (χ2v) is 6.76. The molecule has 160 valence electrons. The van der Waals surface area contributed by atoms with E-state index in [9.17, 15) is 14.0 Å². The lowest BCUT2D eigenvalue weighted by Gasteiger charge is -2.27. The van der Waals surface area contributed by atoms with Gasteiger partial charge in [0.25, 0.3) is 0 Å². The van der Waals surface area contributed by atoms with Gasteiger partial charge >= 0.3 is 0 Å². The number of hydrogen-bond donors (Lipinski definition) is 4. The second kappa shape index (κ2) is 9.13. The first-order valence-corrected chi connectivity index (χ1v) is 9.51. The molecule has 0 saturated carbocycles. The van der Waals surface area contributed by atoms with Crippen molar-refractivity contribution in [2.75, 3.05) is 23.4 Å². The van der Waals surface area contributed by atoms with E-state index < -0.39 is 17.7 Å². The third-order valence-electron chi connectivity index (χ3n) is 4.68. The third-order valence-corrected chi connectivity index (χ3v) is 4.68. The molecular formula is C20H20F2N8O. The number of anilines is 3. The molecule has 0 spiro atoms. The van der Waals surface area contributed by atoms with Gasteiger partial charge in [-0.15, -0.1) is 0 Å². The zero-order valence-electron chi connectivity index (χ0n) is 16.7. The molecule has 0 radical (unpaired) electrons. The van der Waals surface area contributed by atoms with Gasteiger partial charge in [-0.1, -0.05) is 19.8 Å². The molecule has 1 aliphatic rings. The zero-order chi connectivity index (χ0) is 22.5. The second-order valence-electron chi connectivity index (χ2n) is 6.76. The number of guanidine groups is 1. The zero-order valence-corrected chi connectivity index (χ0v) is 16.7. The van der Waals surface area contributed by atoms with Crippen LogP contribution < -0.4 is 26.8 Å². The first-order chi connectivity index (χ1) is 14.9. The maximum atomic E-state index is 14.7. The molecule has 0 fully saturated rings. The predicted molar refractivity (Wildman–Crippen MR) is 111 cm³/mol. The van der Waals surface area contributed by atoms with E-state index in [1.165, 1.54) is 0 Å². The number of nitriles is 2. The minimum atomic E-state index is -1.11. The molecule has 2 heterocycles. The number of ether oxygens (including phenoxy) is 1. The van der Waals surface area contributed by atoms with Gasteiger partial charge in [-0.25, -0.2) is 18.8 Å². The van der Waals surface area contributed by atoms with Crippen LogP contribution in [0.25, 0.3) is 0 Å². The van der Waals surface area contributed by atoms with E-state index in [4.69, 9.17) is 21.5 Å². The van der Waals surface area contributed by atoms with Crippen LogP contribution in [-0.2, 0) is 0 Å². The summed E-state index contributed by atoms with van der Waals surface area (Å²) in [5, 5.41) is 23.5. The monoisotopic (exact) mass is 426 g/mol. The van der Waals surface area contributed by atoms with Crippen molar-refractivity contribution in [1.29, 1.82) is 10.5 Å². The Morgan fingerprint density at radius 3 is 2.71 bits per heavy atom. The maximum Gasteiger partial charge on any atom is 0.211 e. The first-order valence-electron chi connectivity index (χ1n) is 9.51. The number of benzene rings is 1. The van der Waals surface area contributed by atoms with E-state index in [0.29, 0.717) is 12.5 Å². The largest absolute Gasteiger partial charge is 0.490 e. The lowest BCUT2D eigenvalue weighted by Crippen LogP contribution is -2.33. The fraction of sp³-hybridized carbons (Fsp3) is 0.300. The summed E-state index contributed by atoms with van der Waals surface area (Å²) in [6, 6.07) is 2.55. The molecule has 2 aromatic rings. The molecule has 1 aromatic heterocycles. The molecule has 0 bridgehead atoms. The van der Waals surface area contributed by atoms with Crippen molar-refractivity contribution in [2.45, 2.75) is 32.2 Å². The van der Waals surface area contributed by atoms with Gasteiger partial charge in [0.05, 0.1) is 12.3 Å². The highest BCUT2D eigenvalue weighted by molar-refractivity contribution is 5.98. The van der Waals surface area contributed by atoms with Crippen molar-refractivity contribution < 1.29 is 13.5 Å². The normalized spacial score (nSPS) is 14.5. The summed E-state index contributed by atoms with van der Waals surface area (Å²) in [6.07, 6.45) is 4.21. The van der Waals surface area contributed by atoms with Gasteiger partial charge in [-0.2, -0.15) is 10.5 Å². The van der Waals surface area contributed by atoms with Crippen LogP contribution in [-0.4, -0.2) is 17.6 Å². The Hall–Kier alpha value is -4.12.